The van der Waals surface area contributed by atoms with Gasteiger partial charge in [0.15, 0.2) is 0 Å². The number of aromatic nitrogens is 1. The van der Waals surface area contributed by atoms with E-state index in [-0.39, 0.29) is 0 Å². The summed E-state index contributed by atoms with van der Waals surface area (Å²) in [6, 6.07) is 2.41. The molecule has 0 spiro atoms. The van der Waals surface area contributed by atoms with Crippen molar-refractivity contribution in [2.45, 2.75) is 26.3 Å². The lowest BCUT2D eigenvalue weighted by molar-refractivity contribution is 0.609. The van der Waals surface area contributed by atoms with Crippen LogP contribution in [0.1, 0.15) is 31.0 Å². The molecule has 0 aromatic carbocycles. The lowest BCUT2D eigenvalue weighted by atomic mass is 10.0. The van der Waals surface area contributed by atoms with Gasteiger partial charge in [-0.1, -0.05) is 29.4 Å². The Kier molecular flexibility index (Phi) is 4.99. The van der Waals surface area contributed by atoms with Crippen LogP contribution in [-0.2, 0) is 6.42 Å². The van der Waals surface area contributed by atoms with Gasteiger partial charge in [-0.05, 0) is 30.5 Å². The molecule has 0 aliphatic rings. The van der Waals surface area contributed by atoms with E-state index in [0.29, 0.717) is 6.04 Å². The number of nitrogens with one attached hydrogen (secondary N) is 1. The first-order valence-electron chi connectivity index (χ1n) is 5.14. The second kappa shape index (κ2) is 6.03. The molecule has 0 bridgehead atoms. The van der Waals surface area contributed by atoms with Crippen molar-refractivity contribution in [1.29, 1.82) is 0 Å². The van der Waals surface area contributed by atoms with Gasteiger partial charge in [0.1, 0.15) is 0 Å². The van der Waals surface area contributed by atoms with Crippen molar-refractivity contribution in [2.24, 2.45) is 0 Å². The Morgan fingerprint density at radius 3 is 3.00 bits per heavy atom. The lowest BCUT2D eigenvalue weighted by Crippen LogP contribution is -2.20. The molecule has 15 heavy (non-hydrogen) atoms. The van der Waals surface area contributed by atoms with Crippen LogP contribution in [0.15, 0.2) is 29.5 Å². The summed E-state index contributed by atoms with van der Waals surface area (Å²) in [5.41, 5.74) is 2.62. The Morgan fingerprint density at radius 2 is 2.40 bits per heavy atom. The van der Waals surface area contributed by atoms with Gasteiger partial charge in [0.05, 0.1) is 0 Å². The SMILES string of the molecule is C=C(Br)CN[C@H](C)c1ccncc1CC. The Labute approximate surface area is 99.9 Å². The Balaban J connectivity index is 2.72. The summed E-state index contributed by atoms with van der Waals surface area (Å²) in [4.78, 5) is 4.14. The molecule has 82 valence electrons. The van der Waals surface area contributed by atoms with Crippen molar-refractivity contribution in [3.8, 4) is 0 Å². The average molecular weight is 269 g/mol. The molecule has 0 saturated carbocycles. The molecule has 1 aromatic rings. The third-order valence-electron chi connectivity index (χ3n) is 2.39. The maximum Gasteiger partial charge on any atom is 0.0303 e. The van der Waals surface area contributed by atoms with Gasteiger partial charge in [-0.25, -0.2) is 0 Å². The average Bonchev–Trinajstić information content (AvgIpc) is 2.25. The van der Waals surface area contributed by atoms with Gasteiger partial charge in [0.25, 0.3) is 0 Å². The lowest BCUT2D eigenvalue weighted by Gasteiger charge is -2.16. The van der Waals surface area contributed by atoms with E-state index < -0.39 is 0 Å². The highest BCUT2D eigenvalue weighted by molar-refractivity contribution is 9.11. The van der Waals surface area contributed by atoms with Gasteiger partial charge in [0.2, 0.25) is 0 Å². The molecule has 0 amide bonds. The van der Waals surface area contributed by atoms with Crippen LogP contribution in [0.25, 0.3) is 0 Å². The molecule has 0 saturated heterocycles. The second-order valence-electron chi connectivity index (χ2n) is 3.55. The molecule has 1 rings (SSSR count). The molecule has 0 unspecified atom stereocenters. The third-order valence-corrected chi connectivity index (χ3v) is 2.67. The van der Waals surface area contributed by atoms with Crippen LogP contribution < -0.4 is 5.32 Å². The van der Waals surface area contributed by atoms with Crippen LogP contribution in [0.2, 0.25) is 0 Å². The molecule has 1 heterocycles. The zero-order chi connectivity index (χ0) is 11.3. The van der Waals surface area contributed by atoms with E-state index in [2.05, 4.69) is 52.7 Å². The number of hydrogen-bond acceptors (Lipinski definition) is 2. The van der Waals surface area contributed by atoms with Crippen molar-refractivity contribution in [2.75, 3.05) is 6.54 Å². The van der Waals surface area contributed by atoms with Crippen molar-refractivity contribution >= 4 is 15.9 Å². The van der Waals surface area contributed by atoms with E-state index in [1.54, 1.807) is 0 Å². The van der Waals surface area contributed by atoms with Gasteiger partial charge >= 0.3 is 0 Å². The van der Waals surface area contributed by atoms with Gasteiger partial charge in [-0.3, -0.25) is 4.98 Å². The fourth-order valence-electron chi connectivity index (χ4n) is 1.53. The first-order chi connectivity index (χ1) is 7.15. The maximum absolute atomic E-state index is 4.14. The van der Waals surface area contributed by atoms with E-state index in [4.69, 9.17) is 0 Å². The molecule has 0 fully saturated rings. The molecular weight excluding hydrogens is 252 g/mol. The Hall–Kier alpha value is -0.670. The number of pyridine rings is 1. The van der Waals surface area contributed by atoms with Crippen molar-refractivity contribution in [3.05, 3.63) is 40.6 Å². The molecule has 1 aromatic heterocycles. The molecule has 1 atom stereocenters. The molecule has 3 heteroatoms. The molecule has 0 aliphatic heterocycles. The van der Waals surface area contributed by atoms with Crippen LogP contribution in [-0.4, -0.2) is 11.5 Å². The Morgan fingerprint density at radius 1 is 1.67 bits per heavy atom. The van der Waals surface area contributed by atoms with Crippen LogP contribution in [0.5, 0.6) is 0 Å². The van der Waals surface area contributed by atoms with Gasteiger partial charge in [0, 0.05) is 29.5 Å². The third kappa shape index (κ3) is 3.76. The smallest absolute Gasteiger partial charge is 0.0303 e. The predicted octanol–water partition coefficient (Wildman–Crippen LogP) is 3.20. The quantitative estimate of drug-likeness (QED) is 0.887. The minimum Gasteiger partial charge on any atom is -0.306 e. The predicted molar refractivity (Wildman–Crippen MR) is 68.1 cm³/mol. The minimum absolute atomic E-state index is 0.331. The fourth-order valence-corrected chi connectivity index (χ4v) is 1.69. The summed E-state index contributed by atoms with van der Waals surface area (Å²) in [6.45, 7) is 8.90. The number of hydrogen-bond donors (Lipinski definition) is 1. The highest BCUT2D eigenvalue weighted by Gasteiger charge is 2.08. The van der Waals surface area contributed by atoms with Crippen LogP contribution in [0, 0.1) is 0 Å². The van der Waals surface area contributed by atoms with Crippen LogP contribution >= 0.6 is 15.9 Å². The summed E-state index contributed by atoms with van der Waals surface area (Å²) in [6.07, 6.45) is 4.80. The maximum atomic E-state index is 4.14. The van der Waals surface area contributed by atoms with E-state index >= 15 is 0 Å². The zero-order valence-electron chi connectivity index (χ0n) is 9.26. The van der Waals surface area contributed by atoms with Gasteiger partial charge in [-0.2, -0.15) is 0 Å². The summed E-state index contributed by atoms with van der Waals surface area (Å²) >= 11 is 3.34. The molecular formula is C12H17BrN2. The topological polar surface area (TPSA) is 24.9 Å². The van der Waals surface area contributed by atoms with E-state index in [1.165, 1.54) is 11.1 Å². The molecule has 2 nitrogen and oxygen atoms in total. The first-order valence-corrected chi connectivity index (χ1v) is 5.94. The largest absolute Gasteiger partial charge is 0.306 e. The van der Waals surface area contributed by atoms with E-state index in [0.717, 1.165) is 17.4 Å². The Bertz CT molecular complexity index is 336. The van der Waals surface area contributed by atoms with Crippen LogP contribution in [0.4, 0.5) is 0 Å². The summed E-state index contributed by atoms with van der Waals surface area (Å²) < 4.78 is 0.974. The second-order valence-corrected chi connectivity index (χ2v) is 4.67. The van der Waals surface area contributed by atoms with Crippen molar-refractivity contribution < 1.29 is 0 Å². The van der Waals surface area contributed by atoms with Gasteiger partial charge < -0.3 is 5.32 Å². The number of rotatable bonds is 5. The molecule has 1 N–H and O–H groups in total. The highest BCUT2D eigenvalue weighted by Crippen LogP contribution is 2.17. The fraction of sp³-hybridized carbons (Fsp3) is 0.417. The van der Waals surface area contributed by atoms with E-state index in [9.17, 15) is 0 Å². The van der Waals surface area contributed by atoms with Crippen molar-refractivity contribution in [1.82, 2.24) is 10.3 Å². The van der Waals surface area contributed by atoms with Gasteiger partial charge in [-0.15, -0.1) is 0 Å². The number of aryl methyl sites for hydroxylation is 1. The standard InChI is InChI=1S/C12H17BrN2/c1-4-11-8-14-6-5-12(11)10(3)15-7-9(2)13/h5-6,8,10,15H,2,4,7H2,1,3H3/t10-/m1/s1. The number of halogens is 1. The number of nitrogens with zero attached hydrogens (tertiary/aromatic N) is 1. The van der Waals surface area contributed by atoms with E-state index in [1.807, 2.05) is 12.4 Å². The summed E-state index contributed by atoms with van der Waals surface area (Å²) in [5.74, 6) is 0. The normalized spacial score (nSPS) is 12.5. The van der Waals surface area contributed by atoms with Crippen LogP contribution in [0.3, 0.4) is 0 Å². The monoisotopic (exact) mass is 268 g/mol. The first kappa shape index (κ1) is 12.4. The zero-order valence-corrected chi connectivity index (χ0v) is 10.8. The highest BCUT2D eigenvalue weighted by atomic mass is 79.9. The summed E-state index contributed by atoms with van der Waals surface area (Å²) in [5, 5.41) is 3.40. The molecule has 0 aliphatic carbocycles. The minimum atomic E-state index is 0.331. The van der Waals surface area contributed by atoms with Crippen molar-refractivity contribution in [3.63, 3.8) is 0 Å². The molecule has 0 radical (unpaired) electrons. The summed E-state index contributed by atoms with van der Waals surface area (Å²) in [7, 11) is 0.